The van der Waals surface area contributed by atoms with E-state index in [0.717, 1.165) is 11.3 Å². The van der Waals surface area contributed by atoms with Crippen molar-refractivity contribution in [1.29, 1.82) is 0 Å². The molecule has 3 nitrogen and oxygen atoms in total. The molecule has 0 unspecified atom stereocenters. The van der Waals surface area contributed by atoms with Crippen molar-refractivity contribution in [3.8, 4) is 0 Å². The summed E-state index contributed by atoms with van der Waals surface area (Å²) in [6.45, 7) is 5.29. The predicted molar refractivity (Wildman–Crippen MR) is 63.6 cm³/mol. The second-order valence-electron chi connectivity index (χ2n) is 3.60. The van der Waals surface area contributed by atoms with E-state index < -0.39 is 0 Å². The van der Waals surface area contributed by atoms with Gasteiger partial charge in [-0.25, -0.2) is 0 Å². The van der Waals surface area contributed by atoms with Gasteiger partial charge in [0.15, 0.2) is 0 Å². The van der Waals surface area contributed by atoms with Crippen molar-refractivity contribution < 1.29 is 4.79 Å². The van der Waals surface area contributed by atoms with Gasteiger partial charge in [-0.15, -0.1) is 0 Å². The van der Waals surface area contributed by atoms with E-state index in [0.29, 0.717) is 5.70 Å². The lowest BCUT2D eigenvalue weighted by atomic mass is 10.1. The molecule has 1 aromatic rings. The van der Waals surface area contributed by atoms with E-state index in [9.17, 15) is 4.79 Å². The van der Waals surface area contributed by atoms with Crippen LogP contribution in [0.2, 0.25) is 0 Å². The van der Waals surface area contributed by atoms with Crippen LogP contribution in [0.25, 0.3) is 5.70 Å². The van der Waals surface area contributed by atoms with Gasteiger partial charge in [0.25, 0.3) is 0 Å². The molecule has 0 heterocycles. The standard InChI is InChI=1S/C12H16N2O/c1-9(13-10(2)15)11-6-5-7-12(8-11)14(3)4/h5-8H,1H2,2-4H3,(H,13,15). The normalized spacial score (nSPS) is 9.53. The first-order chi connectivity index (χ1) is 7.00. The minimum absolute atomic E-state index is 0.102. The SMILES string of the molecule is C=C(NC(C)=O)c1cccc(N(C)C)c1. The maximum Gasteiger partial charge on any atom is 0.221 e. The zero-order valence-electron chi connectivity index (χ0n) is 9.37. The van der Waals surface area contributed by atoms with Crippen LogP contribution in [0.3, 0.4) is 0 Å². The van der Waals surface area contributed by atoms with Gasteiger partial charge in [-0.05, 0) is 17.7 Å². The Morgan fingerprint density at radius 3 is 2.60 bits per heavy atom. The van der Waals surface area contributed by atoms with Crippen molar-refractivity contribution in [2.24, 2.45) is 0 Å². The van der Waals surface area contributed by atoms with Crippen LogP contribution in [0.1, 0.15) is 12.5 Å². The van der Waals surface area contributed by atoms with Crippen LogP contribution in [-0.4, -0.2) is 20.0 Å². The van der Waals surface area contributed by atoms with Crippen molar-refractivity contribution >= 4 is 17.3 Å². The van der Waals surface area contributed by atoms with Gasteiger partial charge >= 0.3 is 0 Å². The third-order valence-corrected chi connectivity index (χ3v) is 2.04. The lowest BCUT2D eigenvalue weighted by Crippen LogP contribution is -2.17. The van der Waals surface area contributed by atoms with Crippen molar-refractivity contribution in [3.05, 3.63) is 36.4 Å². The van der Waals surface area contributed by atoms with Crippen LogP contribution in [0, 0.1) is 0 Å². The van der Waals surface area contributed by atoms with E-state index in [-0.39, 0.29) is 5.91 Å². The number of rotatable bonds is 3. The highest BCUT2D eigenvalue weighted by molar-refractivity contribution is 5.84. The Hall–Kier alpha value is -1.77. The number of hydrogen-bond donors (Lipinski definition) is 1. The molecule has 80 valence electrons. The quantitative estimate of drug-likeness (QED) is 0.815. The highest BCUT2D eigenvalue weighted by Crippen LogP contribution is 2.17. The number of carbonyl (C=O) groups is 1. The third kappa shape index (κ3) is 3.13. The molecule has 0 aliphatic heterocycles. The lowest BCUT2D eigenvalue weighted by Gasteiger charge is -2.14. The van der Waals surface area contributed by atoms with Crippen molar-refractivity contribution in [3.63, 3.8) is 0 Å². The summed E-state index contributed by atoms with van der Waals surface area (Å²) in [5.41, 5.74) is 2.64. The van der Waals surface area contributed by atoms with Crippen LogP contribution in [0.4, 0.5) is 5.69 Å². The summed E-state index contributed by atoms with van der Waals surface area (Å²) in [7, 11) is 3.94. The molecular formula is C12H16N2O. The van der Waals surface area contributed by atoms with Crippen molar-refractivity contribution in [2.75, 3.05) is 19.0 Å². The van der Waals surface area contributed by atoms with Gasteiger partial charge in [-0.3, -0.25) is 4.79 Å². The second kappa shape index (κ2) is 4.64. The Labute approximate surface area is 90.4 Å². The molecule has 0 spiro atoms. The second-order valence-corrected chi connectivity index (χ2v) is 3.60. The average Bonchev–Trinajstić information content (AvgIpc) is 2.17. The number of amides is 1. The first kappa shape index (κ1) is 11.3. The maximum absolute atomic E-state index is 10.9. The Morgan fingerprint density at radius 1 is 1.40 bits per heavy atom. The maximum atomic E-state index is 10.9. The van der Waals surface area contributed by atoms with Gasteiger partial charge in [-0.2, -0.15) is 0 Å². The Kier molecular flexibility index (Phi) is 3.50. The molecule has 0 aliphatic rings. The van der Waals surface area contributed by atoms with E-state index in [1.807, 2.05) is 43.3 Å². The van der Waals surface area contributed by atoms with Crippen molar-refractivity contribution in [2.45, 2.75) is 6.92 Å². The fourth-order valence-corrected chi connectivity index (χ4v) is 1.26. The summed E-state index contributed by atoms with van der Waals surface area (Å²) in [6, 6.07) is 7.85. The molecule has 1 rings (SSSR count). The van der Waals surface area contributed by atoms with Gasteiger partial charge in [0.1, 0.15) is 0 Å². The molecule has 1 aromatic carbocycles. The van der Waals surface area contributed by atoms with E-state index >= 15 is 0 Å². The lowest BCUT2D eigenvalue weighted by molar-refractivity contribution is -0.117. The number of nitrogens with one attached hydrogen (secondary N) is 1. The molecule has 1 N–H and O–H groups in total. The summed E-state index contributed by atoms with van der Waals surface area (Å²) < 4.78 is 0. The highest BCUT2D eigenvalue weighted by atomic mass is 16.1. The first-order valence-corrected chi connectivity index (χ1v) is 4.75. The van der Waals surface area contributed by atoms with E-state index in [2.05, 4.69) is 11.9 Å². The van der Waals surface area contributed by atoms with Crippen LogP contribution in [-0.2, 0) is 4.79 Å². The van der Waals surface area contributed by atoms with Crippen LogP contribution in [0.15, 0.2) is 30.8 Å². The Bertz CT molecular complexity index is 383. The minimum Gasteiger partial charge on any atom is -0.378 e. The van der Waals surface area contributed by atoms with Crippen molar-refractivity contribution in [1.82, 2.24) is 5.32 Å². The largest absolute Gasteiger partial charge is 0.378 e. The zero-order valence-corrected chi connectivity index (χ0v) is 9.37. The molecule has 0 bridgehead atoms. The predicted octanol–water partition coefficient (Wildman–Crippen LogP) is 1.86. The average molecular weight is 204 g/mol. The summed E-state index contributed by atoms with van der Waals surface area (Å²) in [4.78, 5) is 12.9. The van der Waals surface area contributed by atoms with Crippen LogP contribution < -0.4 is 10.2 Å². The van der Waals surface area contributed by atoms with E-state index in [1.54, 1.807) is 0 Å². The minimum atomic E-state index is -0.102. The number of nitrogens with zero attached hydrogens (tertiary/aromatic N) is 1. The fraction of sp³-hybridized carbons (Fsp3) is 0.250. The monoisotopic (exact) mass is 204 g/mol. The molecule has 0 aromatic heterocycles. The fourth-order valence-electron chi connectivity index (χ4n) is 1.26. The smallest absolute Gasteiger partial charge is 0.221 e. The molecule has 0 radical (unpaired) electrons. The van der Waals surface area contributed by atoms with E-state index in [1.165, 1.54) is 6.92 Å². The van der Waals surface area contributed by atoms with Gasteiger partial charge in [0.2, 0.25) is 5.91 Å². The number of anilines is 1. The summed E-state index contributed by atoms with van der Waals surface area (Å²) >= 11 is 0. The number of carbonyl (C=O) groups excluding carboxylic acids is 1. The molecule has 3 heteroatoms. The molecule has 15 heavy (non-hydrogen) atoms. The molecule has 0 saturated heterocycles. The first-order valence-electron chi connectivity index (χ1n) is 4.75. The topological polar surface area (TPSA) is 32.3 Å². The van der Waals surface area contributed by atoms with Gasteiger partial charge in [-0.1, -0.05) is 18.7 Å². The zero-order chi connectivity index (χ0) is 11.4. The van der Waals surface area contributed by atoms with Gasteiger partial charge in [0, 0.05) is 32.4 Å². The third-order valence-electron chi connectivity index (χ3n) is 2.04. The molecule has 0 fully saturated rings. The summed E-state index contributed by atoms with van der Waals surface area (Å²) in [5.74, 6) is -0.102. The van der Waals surface area contributed by atoms with E-state index in [4.69, 9.17) is 0 Å². The molecular weight excluding hydrogens is 188 g/mol. The molecule has 0 aliphatic carbocycles. The summed E-state index contributed by atoms with van der Waals surface area (Å²) in [5, 5.41) is 2.67. The number of hydrogen-bond acceptors (Lipinski definition) is 2. The molecule has 1 amide bonds. The Morgan fingerprint density at radius 2 is 2.07 bits per heavy atom. The van der Waals surface area contributed by atoms with Crippen LogP contribution in [0.5, 0.6) is 0 Å². The highest BCUT2D eigenvalue weighted by Gasteiger charge is 2.02. The molecule has 0 atom stereocenters. The Balaban J connectivity index is 2.90. The number of benzene rings is 1. The van der Waals surface area contributed by atoms with Gasteiger partial charge in [0.05, 0.1) is 0 Å². The van der Waals surface area contributed by atoms with Gasteiger partial charge < -0.3 is 10.2 Å². The van der Waals surface area contributed by atoms with Crippen LogP contribution >= 0.6 is 0 Å². The summed E-state index contributed by atoms with van der Waals surface area (Å²) in [6.07, 6.45) is 0. The molecule has 0 saturated carbocycles.